The number of sulfonamides is 1. The SMILES string of the molecule is [2H]C([2H])(O)C([2H])([2H])Oc1nc(-c2ccnc(-c3nn[nH]n3)c2)nc(NS(=O)(=O)c2ccc(C)cn2)c1Oc1ccccc1OC. The van der Waals surface area contributed by atoms with Crippen LogP contribution in [0.4, 0.5) is 5.82 Å². The number of hydrogen-bond acceptors (Lipinski definition) is 13. The van der Waals surface area contributed by atoms with Crippen LogP contribution in [-0.4, -0.2) is 74.3 Å². The fourth-order valence-electron chi connectivity index (χ4n) is 3.43. The number of rotatable bonds is 11. The predicted octanol–water partition coefficient (Wildman–Crippen LogP) is 2.39. The number of hydrogen-bond donors (Lipinski definition) is 3. The van der Waals surface area contributed by atoms with Crippen molar-refractivity contribution in [3.8, 4) is 46.0 Å². The number of H-pyrrole nitrogens is 1. The van der Waals surface area contributed by atoms with Crippen LogP contribution in [-0.2, 0) is 10.0 Å². The van der Waals surface area contributed by atoms with Crippen LogP contribution >= 0.6 is 0 Å². The molecule has 0 bridgehead atoms. The van der Waals surface area contributed by atoms with Gasteiger partial charge in [0.1, 0.15) is 12.3 Å². The van der Waals surface area contributed by atoms with Crippen LogP contribution in [0, 0.1) is 6.92 Å². The summed E-state index contributed by atoms with van der Waals surface area (Å²) in [5, 5.41) is 23.1. The predicted molar refractivity (Wildman–Crippen MR) is 144 cm³/mol. The molecule has 0 aliphatic rings. The summed E-state index contributed by atoms with van der Waals surface area (Å²) in [7, 11) is -3.12. The zero-order chi connectivity index (χ0) is 32.4. The Bertz CT molecular complexity index is 1930. The molecule has 0 saturated carbocycles. The third-order valence-corrected chi connectivity index (χ3v) is 6.55. The number of tetrazole rings is 1. The third-order valence-electron chi connectivity index (χ3n) is 5.29. The number of aromatic amines is 1. The molecule has 1 aromatic carbocycles. The Morgan fingerprint density at radius 1 is 1.07 bits per heavy atom. The summed E-state index contributed by atoms with van der Waals surface area (Å²) in [5.74, 6) is -1.91. The first-order chi connectivity index (χ1) is 21.3. The Labute approximate surface area is 239 Å². The molecule has 0 radical (unpaired) electrons. The van der Waals surface area contributed by atoms with Crippen molar-refractivity contribution in [2.24, 2.45) is 0 Å². The molecule has 0 aliphatic carbocycles. The number of aliphatic hydroxyl groups is 1. The van der Waals surface area contributed by atoms with Gasteiger partial charge in [0.25, 0.3) is 15.9 Å². The molecular formula is C25H23N9O6S. The number of benzene rings is 1. The molecule has 0 saturated heterocycles. The van der Waals surface area contributed by atoms with Crippen molar-refractivity contribution in [1.82, 2.24) is 40.6 Å². The molecule has 41 heavy (non-hydrogen) atoms. The lowest BCUT2D eigenvalue weighted by molar-refractivity contribution is 0.192. The first kappa shape index (κ1) is 22.6. The fourth-order valence-corrected chi connectivity index (χ4v) is 4.36. The maximum atomic E-state index is 13.5. The zero-order valence-corrected chi connectivity index (χ0v) is 22.1. The average molecular weight is 582 g/mol. The van der Waals surface area contributed by atoms with E-state index in [0.29, 0.717) is 5.56 Å². The van der Waals surface area contributed by atoms with Crippen LogP contribution in [0.3, 0.4) is 0 Å². The van der Waals surface area contributed by atoms with Crippen molar-refractivity contribution < 1.29 is 33.2 Å². The highest BCUT2D eigenvalue weighted by atomic mass is 32.2. The van der Waals surface area contributed by atoms with Gasteiger partial charge in [-0.2, -0.15) is 18.6 Å². The minimum Gasteiger partial charge on any atom is -0.493 e. The second kappa shape index (κ2) is 11.9. The van der Waals surface area contributed by atoms with Gasteiger partial charge in [0, 0.05) is 18.0 Å². The number of ether oxygens (including phenoxy) is 3. The molecule has 4 aromatic heterocycles. The average Bonchev–Trinajstić information content (AvgIpc) is 3.54. The number of pyridine rings is 2. The van der Waals surface area contributed by atoms with Gasteiger partial charge in [0.2, 0.25) is 11.6 Å². The molecule has 210 valence electrons. The van der Waals surface area contributed by atoms with Gasteiger partial charge in [-0.15, -0.1) is 10.2 Å². The second-order valence-electron chi connectivity index (χ2n) is 8.04. The summed E-state index contributed by atoms with van der Waals surface area (Å²) >= 11 is 0. The van der Waals surface area contributed by atoms with Crippen LogP contribution in [0.15, 0.2) is 66.0 Å². The van der Waals surface area contributed by atoms with Gasteiger partial charge in [-0.05, 0) is 48.0 Å². The van der Waals surface area contributed by atoms with Crippen molar-refractivity contribution in [3.05, 3.63) is 66.5 Å². The molecule has 5 aromatic rings. The lowest BCUT2D eigenvalue weighted by Gasteiger charge is -2.18. The van der Waals surface area contributed by atoms with Gasteiger partial charge in [-0.1, -0.05) is 18.2 Å². The van der Waals surface area contributed by atoms with Crippen LogP contribution in [0.25, 0.3) is 22.9 Å². The van der Waals surface area contributed by atoms with Gasteiger partial charge < -0.3 is 19.3 Å². The van der Waals surface area contributed by atoms with E-state index in [1.165, 1.54) is 55.9 Å². The van der Waals surface area contributed by atoms with Crippen molar-refractivity contribution in [1.29, 1.82) is 0 Å². The van der Waals surface area contributed by atoms with Crippen LogP contribution in [0.2, 0.25) is 0 Å². The normalized spacial score (nSPS) is 13.3. The van der Waals surface area contributed by atoms with Gasteiger partial charge in [-0.25, -0.2) is 9.97 Å². The smallest absolute Gasteiger partial charge is 0.280 e. The molecule has 0 atom stereocenters. The lowest BCUT2D eigenvalue weighted by atomic mass is 10.2. The van der Waals surface area contributed by atoms with E-state index in [9.17, 15) is 13.5 Å². The number of para-hydroxylation sites is 2. The third kappa shape index (κ3) is 6.18. The molecule has 0 aliphatic heterocycles. The van der Waals surface area contributed by atoms with Crippen molar-refractivity contribution >= 4 is 15.8 Å². The van der Waals surface area contributed by atoms with E-state index < -0.39 is 40.6 Å². The van der Waals surface area contributed by atoms with Crippen LogP contribution < -0.4 is 18.9 Å². The van der Waals surface area contributed by atoms with E-state index in [-0.39, 0.29) is 39.4 Å². The fraction of sp³-hybridized carbons (Fsp3) is 0.160. The van der Waals surface area contributed by atoms with Gasteiger partial charge in [0.15, 0.2) is 28.2 Å². The Kier molecular flexibility index (Phi) is 6.55. The van der Waals surface area contributed by atoms with E-state index >= 15 is 0 Å². The monoisotopic (exact) mass is 581 g/mol. The molecule has 0 amide bonds. The molecule has 16 heteroatoms. The zero-order valence-electron chi connectivity index (χ0n) is 25.3. The molecule has 0 fully saturated rings. The quantitative estimate of drug-likeness (QED) is 0.205. The Morgan fingerprint density at radius 2 is 1.90 bits per heavy atom. The first-order valence-corrected chi connectivity index (χ1v) is 13.1. The maximum absolute atomic E-state index is 13.5. The topological polar surface area (TPSA) is 200 Å². The highest BCUT2D eigenvalue weighted by Gasteiger charge is 2.26. The highest BCUT2D eigenvalue weighted by molar-refractivity contribution is 7.92. The number of methoxy groups -OCH3 is 1. The van der Waals surface area contributed by atoms with Crippen LogP contribution in [0.5, 0.6) is 23.1 Å². The van der Waals surface area contributed by atoms with Crippen LogP contribution in [0.1, 0.15) is 11.0 Å². The molecule has 0 unspecified atom stereocenters. The van der Waals surface area contributed by atoms with Crippen molar-refractivity contribution in [2.75, 3.05) is 24.9 Å². The number of aryl methyl sites for hydroxylation is 1. The lowest BCUT2D eigenvalue weighted by Crippen LogP contribution is -2.17. The molecular weight excluding hydrogens is 554 g/mol. The van der Waals surface area contributed by atoms with Gasteiger partial charge in [0.05, 0.1) is 19.2 Å². The molecule has 4 heterocycles. The maximum Gasteiger partial charge on any atom is 0.280 e. The standard InChI is InChI=1S/C25H23N9O6S/c1-15-7-8-20(27-14-15)41(36,37)32-24-21(40-19-6-4-3-5-18(19)38-2)25(39-12-11-35)29-22(28-24)16-9-10-26-17(13-16)23-30-33-34-31-23/h3-10,13-14,35H,11-12H2,1-2H3,(H,28,29,32)(H,30,31,33,34)/i11D2,12D2. The van der Waals surface area contributed by atoms with Gasteiger partial charge in [-0.3, -0.25) is 9.71 Å². The van der Waals surface area contributed by atoms with E-state index in [2.05, 4.69) is 45.3 Å². The minimum absolute atomic E-state index is 0.00554. The van der Waals surface area contributed by atoms with E-state index in [4.69, 9.17) is 19.7 Å². The number of anilines is 1. The summed E-state index contributed by atoms with van der Waals surface area (Å²) in [6.45, 7) is -5.25. The summed E-state index contributed by atoms with van der Waals surface area (Å²) in [4.78, 5) is 16.7. The second-order valence-corrected chi connectivity index (χ2v) is 9.67. The Hall–Kier alpha value is -5.22. The highest BCUT2D eigenvalue weighted by Crippen LogP contribution is 2.41. The summed E-state index contributed by atoms with van der Waals surface area (Å²) < 4.78 is 77.1. The van der Waals surface area contributed by atoms with Crippen molar-refractivity contribution in [2.45, 2.75) is 11.9 Å². The summed E-state index contributed by atoms with van der Waals surface area (Å²) in [5.41, 5.74) is 1.11. The van der Waals surface area contributed by atoms with E-state index in [1.54, 1.807) is 19.1 Å². The number of nitrogens with zero attached hydrogens (tertiary/aromatic N) is 7. The van der Waals surface area contributed by atoms with Crippen molar-refractivity contribution in [3.63, 3.8) is 0 Å². The summed E-state index contributed by atoms with van der Waals surface area (Å²) in [6.07, 6.45) is 2.70. The van der Waals surface area contributed by atoms with Gasteiger partial charge >= 0.3 is 0 Å². The minimum atomic E-state index is -4.47. The summed E-state index contributed by atoms with van der Waals surface area (Å²) in [6, 6.07) is 11.9. The Morgan fingerprint density at radius 3 is 2.61 bits per heavy atom. The Balaban J connectivity index is 1.74. The largest absolute Gasteiger partial charge is 0.493 e. The number of aromatic nitrogens is 8. The first-order valence-electron chi connectivity index (χ1n) is 13.6. The van der Waals surface area contributed by atoms with E-state index in [0.717, 1.165) is 0 Å². The molecule has 3 N–H and O–H groups in total. The number of nitrogens with one attached hydrogen (secondary N) is 2. The molecule has 0 spiro atoms. The van der Waals surface area contributed by atoms with E-state index in [1.807, 2.05) is 0 Å². The molecule has 5 rings (SSSR count). The molecule has 15 nitrogen and oxygen atoms in total.